The molecule has 0 unspecified atom stereocenters. The van der Waals surface area contributed by atoms with Crippen molar-refractivity contribution in [3.05, 3.63) is 83.4 Å². The van der Waals surface area contributed by atoms with E-state index in [1.54, 1.807) is 25.5 Å². The summed E-state index contributed by atoms with van der Waals surface area (Å²) in [4.78, 5) is 26.2. The van der Waals surface area contributed by atoms with Crippen LogP contribution in [0, 0.1) is 0 Å². The van der Waals surface area contributed by atoms with Crippen molar-refractivity contribution >= 4 is 5.95 Å². The highest BCUT2D eigenvalue weighted by molar-refractivity contribution is 5.82. The molecule has 1 aliphatic heterocycles. The quantitative estimate of drug-likeness (QED) is 0.457. The van der Waals surface area contributed by atoms with E-state index in [0.717, 1.165) is 43.1 Å². The first-order chi connectivity index (χ1) is 16.6. The van der Waals surface area contributed by atoms with Gasteiger partial charge in [-0.1, -0.05) is 30.3 Å². The van der Waals surface area contributed by atoms with Crippen LogP contribution in [0.15, 0.2) is 77.9 Å². The molecule has 1 saturated heterocycles. The molecule has 5 rings (SSSR count). The van der Waals surface area contributed by atoms with E-state index in [4.69, 9.17) is 4.74 Å². The van der Waals surface area contributed by atoms with Crippen LogP contribution in [0.25, 0.3) is 22.4 Å². The molecular formula is C26H26N6O2. The lowest BCUT2D eigenvalue weighted by Gasteiger charge is -2.32. The fraction of sp³-hybridized carbons (Fsp3) is 0.231. The van der Waals surface area contributed by atoms with Gasteiger partial charge in [-0.15, -0.1) is 0 Å². The summed E-state index contributed by atoms with van der Waals surface area (Å²) < 4.78 is 7.49. The molecule has 2 aromatic carbocycles. The number of anilines is 1. The molecule has 0 saturated carbocycles. The van der Waals surface area contributed by atoms with E-state index in [0.29, 0.717) is 23.0 Å². The van der Waals surface area contributed by atoms with Crippen LogP contribution in [0.4, 0.5) is 5.95 Å². The molecule has 4 aromatic rings. The summed E-state index contributed by atoms with van der Waals surface area (Å²) in [6.45, 7) is 3.73. The summed E-state index contributed by atoms with van der Waals surface area (Å²) in [5.41, 5.74) is 2.60. The maximum Gasteiger partial charge on any atom is 0.267 e. The average molecular weight is 455 g/mol. The van der Waals surface area contributed by atoms with E-state index in [-0.39, 0.29) is 5.56 Å². The van der Waals surface area contributed by atoms with E-state index in [2.05, 4.69) is 31.9 Å². The first-order valence-corrected chi connectivity index (χ1v) is 11.2. The largest absolute Gasteiger partial charge is 0.457 e. The van der Waals surface area contributed by atoms with Crippen molar-refractivity contribution in [2.75, 3.05) is 38.1 Å². The lowest BCUT2D eigenvalue weighted by atomic mass is 10.0. The van der Waals surface area contributed by atoms with Gasteiger partial charge in [0.1, 0.15) is 17.2 Å². The number of benzene rings is 2. The van der Waals surface area contributed by atoms with Crippen molar-refractivity contribution in [1.29, 1.82) is 0 Å². The number of rotatable bonds is 5. The maximum atomic E-state index is 12.5. The van der Waals surface area contributed by atoms with Gasteiger partial charge in [-0.2, -0.15) is 5.10 Å². The van der Waals surface area contributed by atoms with E-state index in [9.17, 15) is 4.79 Å². The fourth-order valence-corrected chi connectivity index (χ4v) is 3.95. The highest BCUT2D eigenvalue weighted by Crippen LogP contribution is 2.36. The standard InChI is InChI=1S/C26H26N6O2/c1-30-12-14-32(15-13-30)26-27-17-19(18-28-26)22-16-24(33)31(2)29-25(22)21-10-6-7-11-23(21)34-20-8-4-3-5-9-20/h3-11,16-18H,12-15H2,1-2H3. The zero-order valence-electron chi connectivity index (χ0n) is 19.3. The number of para-hydroxylation sites is 2. The second-order valence-corrected chi connectivity index (χ2v) is 8.34. The van der Waals surface area contributed by atoms with Crippen molar-refractivity contribution in [2.24, 2.45) is 7.05 Å². The minimum Gasteiger partial charge on any atom is -0.457 e. The van der Waals surface area contributed by atoms with Crippen molar-refractivity contribution in [3.63, 3.8) is 0 Å². The van der Waals surface area contributed by atoms with Crippen LogP contribution in [0.3, 0.4) is 0 Å². The number of aryl methyl sites for hydroxylation is 1. The van der Waals surface area contributed by atoms with Gasteiger partial charge in [0.2, 0.25) is 5.95 Å². The third kappa shape index (κ3) is 4.53. The number of nitrogens with zero attached hydrogens (tertiary/aromatic N) is 6. The number of likely N-dealkylation sites (N-methyl/N-ethyl adjacent to an activating group) is 1. The molecule has 3 heterocycles. The van der Waals surface area contributed by atoms with Crippen LogP contribution >= 0.6 is 0 Å². The van der Waals surface area contributed by atoms with Crippen molar-refractivity contribution in [3.8, 4) is 33.9 Å². The van der Waals surface area contributed by atoms with Gasteiger partial charge < -0.3 is 14.5 Å². The molecule has 8 heteroatoms. The summed E-state index contributed by atoms with van der Waals surface area (Å²) in [7, 11) is 3.76. The van der Waals surface area contributed by atoms with Gasteiger partial charge >= 0.3 is 0 Å². The Labute approximate surface area is 198 Å². The van der Waals surface area contributed by atoms with Crippen LogP contribution in [0.2, 0.25) is 0 Å². The van der Waals surface area contributed by atoms with Gasteiger partial charge in [0.25, 0.3) is 5.56 Å². The average Bonchev–Trinajstić information content (AvgIpc) is 2.87. The Balaban J connectivity index is 1.54. The van der Waals surface area contributed by atoms with Gasteiger partial charge in [-0.3, -0.25) is 4.79 Å². The minimum atomic E-state index is -0.205. The van der Waals surface area contributed by atoms with Crippen molar-refractivity contribution < 1.29 is 4.74 Å². The Morgan fingerprint density at radius 1 is 0.824 bits per heavy atom. The minimum absolute atomic E-state index is 0.205. The number of piperazine rings is 1. The molecule has 0 amide bonds. The SMILES string of the molecule is CN1CCN(c2ncc(-c3cc(=O)n(C)nc3-c3ccccc3Oc3ccccc3)cn2)CC1. The summed E-state index contributed by atoms with van der Waals surface area (Å²) in [5.74, 6) is 2.07. The molecule has 0 spiro atoms. The molecular weight excluding hydrogens is 428 g/mol. The van der Waals surface area contributed by atoms with E-state index in [1.165, 1.54) is 4.68 Å². The number of aromatic nitrogens is 4. The van der Waals surface area contributed by atoms with Crippen LogP contribution in [0.1, 0.15) is 0 Å². The second-order valence-electron chi connectivity index (χ2n) is 8.34. The lowest BCUT2D eigenvalue weighted by molar-refractivity contribution is 0.311. The van der Waals surface area contributed by atoms with E-state index >= 15 is 0 Å². The second kappa shape index (κ2) is 9.44. The number of hydrogen-bond donors (Lipinski definition) is 0. The first kappa shape index (κ1) is 21.8. The van der Waals surface area contributed by atoms with Crippen LogP contribution in [0.5, 0.6) is 11.5 Å². The third-order valence-corrected chi connectivity index (χ3v) is 5.94. The summed E-state index contributed by atoms with van der Waals surface area (Å²) in [6.07, 6.45) is 3.53. The lowest BCUT2D eigenvalue weighted by Crippen LogP contribution is -2.45. The molecule has 8 nitrogen and oxygen atoms in total. The van der Waals surface area contributed by atoms with Crippen LogP contribution in [-0.2, 0) is 7.05 Å². The Morgan fingerprint density at radius 2 is 1.50 bits per heavy atom. The van der Waals surface area contributed by atoms with Gasteiger partial charge in [0.15, 0.2) is 0 Å². The van der Waals surface area contributed by atoms with Gasteiger partial charge in [-0.25, -0.2) is 14.6 Å². The summed E-state index contributed by atoms with van der Waals surface area (Å²) in [5, 5.41) is 4.59. The normalized spacial score (nSPS) is 14.2. The Morgan fingerprint density at radius 3 is 2.24 bits per heavy atom. The molecule has 172 valence electrons. The Kier molecular flexibility index (Phi) is 6.05. The van der Waals surface area contributed by atoms with Crippen LogP contribution in [-0.4, -0.2) is 57.9 Å². The van der Waals surface area contributed by atoms with Crippen molar-refractivity contribution in [2.45, 2.75) is 0 Å². The zero-order valence-corrected chi connectivity index (χ0v) is 19.3. The Hall–Kier alpha value is -4.04. The van der Waals surface area contributed by atoms with Crippen molar-refractivity contribution in [1.82, 2.24) is 24.6 Å². The first-order valence-electron chi connectivity index (χ1n) is 11.2. The summed E-state index contributed by atoms with van der Waals surface area (Å²) >= 11 is 0. The maximum absolute atomic E-state index is 12.5. The molecule has 1 fully saturated rings. The van der Waals surface area contributed by atoms with E-state index < -0.39 is 0 Å². The predicted octanol–water partition coefficient (Wildman–Crippen LogP) is 3.45. The molecule has 0 radical (unpaired) electrons. The molecule has 1 aliphatic rings. The molecule has 34 heavy (non-hydrogen) atoms. The van der Waals surface area contributed by atoms with Gasteiger partial charge in [0, 0.05) is 68.4 Å². The summed E-state index contributed by atoms with van der Waals surface area (Å²) in [6, 6.07) is 18.8. The third-order valence-electron chi connectivity index (χ3n) is 5.94. The number of ether oxygens (including phenoxy) is 1. The highest BCUT2D eigenvalue weighted by Gasteiger charge is 2.19. The van der Waals surface area contributed by atoms with Gasteiger partial charge in [-0.05, 0) is 31.3 Å². The molecule has 0 bridgehead atoms. The zero-order chi connectivity index (χ0) is 23.5. The molecule has 0 atom stereocenters. The number of hydrogen-bond acceptors (Lipinski definition) is 7. The molecule has 2 aromatic heterocycles. The fourth-order valence-electron chi connectivity index (χ4n) is 3.95. The van der Waals surface area contributed by atoms with Gasteiger partial charge in [0.05, 0.1) is 0 Å². The predicted molar refractivity (Wildman–Crippen MR) is 132 cm³/mol. The highest BCUT2D eigenvalue weighted by atomic mass is 16.5. The van der Waals surface area contributed by atoms with E-state index in [1.807, 2.05) is 54.6 Å². The Bertz CT molecular complexity index is 1330. The molecule has 0 N–H and O–H groups in total. The topological polar surface area (TPSA) is 76.4 Å². The van der Waals surface area contributed by atoms with Crippen LogP contribution < -0.4 is 15.2 Å². The smallest absolute Gasteiger partial charge is 0.267 e. The monoisotopic (exact) mass is 454 g/mol. The molecule has 0 aliphatic carbocycles.